The summed E-state index contributed by atoms with van der Waals surface area (Å²) in [6.45, 7) is 6.22. The molecule has 0 aliphatic carbocycles. The van der Waals surface area contributed by atoms with Gasteiger partial charge in [-0.3, -0.25) is 0 Å². The molecule has 1 heterocycles. The minimum absolute atomic E-state index is 0.0279. The van der Waals surface area contributed by atoms with Crippen molar-refractivity contribution in [3.63, 3.8) is 0 Å². The monoisotopic (exact) mass is 251 g/mol. The molecule has 0 aliphatic rings. The minimum atomic E-state index is -0.0279. The van der Waals surface area contributed by atoms with Crippen LogP contribution < -0.4 is 0 Å². The second-order valence-corrected chi connectivity index (χ2v) is 5.83. The molecule has 0 bridgehead atoms. The molecular formula is C10H15Cl2NS. The summed E-state index contributed by atoms with van der Waals surface area (Å²) in [6.07, 6.45) is 0.874. The van der Waals surface area contributed by atoms with Gasteiger partial charge in [0.15, 0.2) is 0 Å². The second kappa shape index (κ2) is 4.82. The predicted octanol–water partition coefficient (Wildman–Crippen LogP) is 3.79. The Bertz CT molecular complexity index is 286. The Morgan fingerprint density at radius 2 is 1.86 bits per heavy atom. The van der Waals surface area contributed by atoms with Crippen molar-refractivity contribution in [3.8, 4) is 0 Å². The normalized spacial score (nSPS) is 12.1. The quantitative estimate of drug-likeness (QED) is 0.743. The van der Waals surface area contributed by atoms with Gasteiger partial charge in [-0.1, -0.05) is 6.92 Å². The van der Waals surface area contributed by atoms with Gasteiger partial charge in [-0.2, -0.15) is 0 Å². The molecule has 0 atom stereocenters. The van der Waals surface area contributed by atoms with E-state index in [-0.39, 0.29) is 5.41 Å². The number of hydrogen-bond acceptors (Lipinski definition) is 2. The summed E-state index contributed by atoms with van der Waals surface area (Å²) in [5.74, 6) is 1.16. The van der Waals surface area contributed by atoms with E-state index < -0.39 is 0 Å². The molecule has 1 rings (SSSR count). The van der Waals surface area contributed by atoms with Crippen LogP contribution in [0.25, 0.3) is 0 Å². The molecule has 0 aliphatic heterocycles. The summed E-state index contributed by atoms with van der Waals surface area (Å²) in [7, 11) is 0. The maximum absolute atomic E-state index is 5.90. The van der Waals surface area contributed by atoms with Crippen LogP contribution >= 0.6 is 34.5 Å². The Balaban J connectivity index is 2.77. The summed E-state index contributed by atoms with van der Waals surface area (Å²) < 4.78 is 0. The molecule has 14 heavy (non-hydrogen) atoms. The van der Waals surface area contributed by atoms with Gasteiger partial charge in [-0.15, -0.1) is 34.5 Å². The number of thiazole rings is 1. The van der Waals surface area contributed by atoms with Crippen LogP contribution in [0.2, 0.25) is 0 Å². The molecule has 0 unspecified atom stereocenters. The van der Waals surface area contributed by atoms with Gasteiger partial charge >= 0.3 is 0 Å². The van der Waals surface area contributed by atoms with E-state index in [2.05, 4.69) is 18.8 Å². The smallest absolute Gasteiger partial charge is 0.0937 e. The highest BCUT2D eigenvalue weighted by Crippen LogP contribution is 2.28. The van der Waals surface area contributed by atoms with Gasteiger partial charge in [0.25, 0.3) is 0 Å². The van der Waals surface area contributed by atoms with Crippen molar-refractivity contribution < 1.29 is 0 Å². The van der Waals surface area contributed by atoms with Crippen LogP contribution in [0.4, 0.5) is 0 Å². The largest absolute Gasteiger partial charge is 0.246 e. The maximum Gasteiger partial charge on any atom is 0.0937 e. The van der Waals surface area contributed by atoms with Gasteiger partial charge < -0.3 is 0 Å². The maximum atomic E-state index is 5.90. The molecule has 1 aromatic rings. The molecule has 80 valence electrons. The van der Waals surface area contributed by atoms with Gasteiger partial charge in [0.2, 0.25) is 0 Å². The zero-order valence-electron chi connectivity index (χ0n) is 8.73. The van der Waals surface area contributed by atoms with Crippen molar-refractivity contribution >= 4 is 34.5 Å². The van der Waals surface area contributed by atoms with Crippen molar-refractivity contribution in [1.82, 2.24) is 4.98 Å². The topological polar surface area (TPSA) is 12.9 Å². The summed E-state index contributed by atoms with van der Waals surface area (Å²) in [5, 5.41) is 1.14. The van der Waals surface area contributed by atoms with E-state index in [1.807, 2.05) is 6.92 Å². The van der Waals surface area contributed by atoms with Gasteiger partial charge in [0, 0.05) is 28.5 Å². The van der Waals surface area contributed by atoms with Crippen LogP contribution in [0.3, 0.4) is 0 Å². The van der Waals surface area contributed by atoms with E-state index in [0.29, 0.717) is 11.8 Å². The summed E-state index contributed by atoms with van der Waals surface area (Å²) >= 11 is 13.5. The van der Waals surface area contributed by atoms with Crippen molar-refractivity contribution in [2.45, 2.75) is 27.2 Å². The first-order valence-electron chi connectivity index (χ1n) is 4.55. The SMILES string of the molecule is Cc1nc(CC(C)(CCl)CCl)sc1C. The van der Waals surface area contributed by atoms with E-state index >= 15 is 0 Å². The van der Waals surface area contributed by atoms with E-state index in [1.54, 1.807) is 11.3 Å². The number of halogens is 2. The number of alkyl halides is 2. The summed E-state index contributed by atoms with van der Waals surface area (Å²) in [6, 6.07) is 0. The third-order valence-electron chi connectivity index (χ3n) is 2.30. The Hall–Kier alpha value is 0.210. The molecule has 0 spiro atoms. The standard InChI is InChI=1S/C10H15Cl2NS/c1-7-8(2)14-9(13-7)4-10(3,5-11)6-12/h4-6H2,1-3H3. The minimum Gasteiger partial charge on any atom is -0.246 e. The average Bonchev–Trinajstić information content (AvgIpc) is 2.45. The van der Waals surface area contributed by atoms with Gasteiger partial charge in [-0.25, -0.2) is 4.98 Å². The van der Waals surface area contributed by atoms with Gasteiger partial charge in [0.1, 0.15) is 0 Å². The lowest BCUT2D eigenvalue weighted by Gasteiger charge is -2.22. The highest BCUT2D eigenvalue weighted by atomic mass is 35.5. The Morgan fingerprint density at radius 1 is 1.29 bits per heavy atom. The van der Waals surface area contributed by atoms with E-state index in [4.69, 9.17) is 23.2 Å². The van der Waals surface area contributed by atoms with E-state index in [1.165, 1.54) is 4.88 Å². The lowest BCUT2D eigenvalue weighted by atomic mass is 9.92. The molecule has 0 N–H and O–H groups in total. The first-order valence-corrected chi connectivity index (χ1v) is 6.44. The predicted molar refractivity (Wildman–Crippen MR) is 64.8 cm³/mol. The van der Waals surface area contributed by atoms with Crippen LogP contribution in [0.1, 0.15) is 22.5 Å². The van der Waals surface area contributed by atoms with Crippen molar-refractivity contribution in [2.75, 3.05) is 11.8 Å². The van der Waals surface area contributed by atoms with Crippen LogP contribution in [0.5, 0.6) is 0 Å². The number of hydrogen-bond donors (Lipinski definition) is 0. The first-order chi connectivity index (χ1) is 6.50. The fraction of sp³-hybridized carbons (Fsp3) is 0.700. The van der Waals surface area contributed by atoms with Crippen LogP contribution in [0, 0.1) is 19.3 Å². The third kappa shape index (κ3) is 2.85. The zero-order chi connectivity index (χ0) is 10.8. The molecule has 0 aromatic carbocycles. The van der Waals surface area contributed by atoms with E-state index in [0.717, 1.165) is 17.1 Å². The van der Waals surface area contributed by atoms with Crippen LogP contribution in [-0.4, -0.2) is 16.7 Å². The molecule has 1 aromatic heterocycles. The number of nitrogens with zero attached hydrogens (tertiary/aromatic N) is 1. The van der Waals surface area contributed by atoms with Crippen molar-refractivity contribution in [2.24, 2.45) is 5.41 Å². The first kappa shape index (κ1) is 12.3. The van der Waals surface area contributed by atoms with Crippen LogP contribution in [-0.2, 0) is 6.42 Å². The number of aromatic nitrogens is 1. The molecule has 1 nitrogen and oxygen atoms in total. The van der Waals surface area contributed by atoms with Gasteiger partial charge in [-0.05, 0) is 13.8 Å². The Labute approximate surface area is 99.5 Å². The highest BCUT2D eigenvalue weighted by molar-refractivity contribution is 7.11. The second-order valence-electron chi connectivity index (χ2n) is 4.00. The molecule has 4 heteroatoms. The lowest BCUT2D eigenvalue weighted by molar-refractivity contribution is 0.424. The Kier molecular flexibility index (Phi) is 4.23. The summed E-state index contributed by atoms with van der Waals surface area (Å²) in [5.41, 5.74) is 1.09. The average molecular weight is 252 g/mol. The number of rotatable bonds is 4. The molecule has 0 saturated heterocycles. The molecular weight excluding hydrogens is 237 g/mol. The van der Waals surface area contributed by atoms with Crippen molar-refractivity contribution in [3.05, 3.63) is 15.6 Å². The van der Waals surface area contributed by atoms with Crippen LogP contribution in [0.15, 0.2) is 0 Å². The number of aryl methyl sites for hydroxylation is 2. The zero-order valence-corrected chi connectivity index (χ0v) is 11.1. The fourth-order valence-electron chi connectivity index (χ4n) is 1.11. The molecule has 0 amide bonds. The van der Waals surface area contributed by atoms with Crippen molar-refractivity contribution in [1.29, 1.82) is 0 Å². The van der Waals surface area contributed by atoms with Gasteiger partial charge in [0.05, 0.1) is 10.7 Å². The Morgan fingerprint density at radius 3 is 2.21 bits per heavy atom. The van der Waals surface area contributed by atoms with E-state index in [9.17, 15) is 0 Å². The third-order valence-corrected chi connectivity index (χ3v) is 4.66. The molecule has 0 saturated carbocycles. The molecule has 0 fully saturated rings. The fourth-order valence-corrected chi connectivity index (χ4v) is 2.73. The highest BCUT2D eigenvalue weighted by Gasteiger charge is 2.24. The molecule has 0 radical (unpaired) electrons. The lowest BCUT2D eigenvalue weighted by Crippen LogP contribution is -2.23. The summed E-state index contributed by atoms with van der Waals surface area (Å²) in [4.78, 5) is 5.78.